The highest BCUT2D eigenvalue weighted by Crippen LogP contribution is 2.27. The van der Waals surface area contributed by atoms with Crippen molar-refractivity contribution in [2.24, 2.45) is 0 Å². The molecule has 1 saturated heterocycles. The van der Waals surface area contributed by atoms with Crippen LogP contribution in [0.15, 0.2) is 24.5 Å². The van der Waals surface area contributed by atoms with Crippen molar-refractivity contribution in [1.82, 2.24) is 14.9 Å². The summed E-state index contributed by atoms with van der Waals surface area (Å²) in [7, 11) is 4.15. The molecule has 1 atom stereocenters. The van der Waals surface area contributed by atoms with Gasteiger partial charge in [-0.2, -0.15) is 0 Å². The van der Waals surface area contributed by atoms with Gasteiger partial charge in [0.05, 0.1) is 17.5 Å². The topological polar surface area (TPSA) is 91.4 Å². The predicted octanol–water partition coefficient (Wildman–Crippen LogP) is 2.54. The lowest BCUT2D eigenvalue weighted by Crippen LogP contribution is -2.31. The Kier molecular flexibility index (Phi) is 5.79. The van der Waals surface area contributed by atoms with Crippen molar-refractivity contribution in [1.29, 1.82) is 5.41 Å². The lowest BCUT2D eigenvalue weighted by Gasteiger charge is -2.21. The molecule has 3 N–H and O–H groups in total. The zero-order valence-electron chi connectivity index (χ0n) is 16.7. The highest BCUT2D eigenvalue weighted by Gasteiger charge is 2.25. The molecule has 150 valence electrons. The summed E-state index contributed by atoms with van der Waals surface area (Å²) >= 11 is 0. The minimum absolute atomic E-state index is 0.0756. The van der Waals surface area contributed by atoms with Crippen molar-refractivity contribution in [3.63, 3.8) is 0 Å². The van der Waals surface area contributed by atoms with Crippen LogP contribution in [-0.2, 0) is 0 Å². The van der Waals surface area contributed by atoms with E-state index < -0.39 is 5.82 Å². The number of nitrogens with one attached hydrogen (secondary N) is 1. The van der Waals surface area contributed by atoms with Crippen molar-refractivity contribution < 1.29 is 9.13 Å². The molecule has 1 aromatic carbocycles. The van der Waals surface area contributed by atoms with Gasteiger partial charge in [-0.05, 0) is 40.4 Å². The largest absolute Gasteiger partial charge is 0.488 e. The number of halogens is 1. The molecule has 1 aliphatic rings. The minimum atomic E-state index is -0.544. The van der Waals surface area contributed by atoms with Gasteiger partial charge >= 0.3 is 0 Å². The maximum atomic E-state index is 14.1. The van der Waals surface area contributed by atoms with Crippen LogP contribution < -0.4 is 15.4 Å². The molecule has 1 aromatic heterocycles. The molecule has 0 amide bonds. The van der Waals surface area contributed by atoms with Gasteiger partial charge in [-0.1, -0.05) is 0 Å². The van der Waals surface area contributed by atoms with Crippen LogP contribution in [0.2, 0.25) is 0 Å². The lowest BCUT2D eigenvalue weighted by molar-refractivity contribution is 0.231. The first-order chi connectivity index (χ1) is 13.3. The lowest BCUT2D eigenvalue weighted by atomic mass is 10.0. The Morgan fingerprint density at radius 3 is 2.71 bits per heavy atom. The summed E-state index contributed by atoms with van der Waals surface area (Å²) in [6, 6.07) is 4.91. The second-order valence-electron chi connectivity index (χ2n) is 7.53. The Balaban J connectivity index is 1.87. The quantitative estimate of drug-likeness (QED) is 0.586. The van der Waals surface area contributed by atoms with Gasteiger partial charge in [0.25, 0.3) is 0 Å². The third kappa shape index (κ3) is 4.22. The highest BCUT2D eigenvalue weighted by molar-refractivity contribution is 6.13. The maximum Gasteiger partial charge on any atom is 0.167 e. The molecule has 1 aliphatic heterocycles. The number of nitrogens with zero attached hydrogens (tertiary/aromatic N) is 4. The molecule has 0 spiro atoms. The van der Waals surface area contributed by atoms with E-state index in [4.69, 9.17) is 15.9 Å². The van der Waals surface area contributed by atoms with E-state index in [2.05, 4.69) is 33.9 Å². The van der Waals surface area contributed by atoms with Crippen LogP contribution in [-0.4, -0.2) is 59.9 Å². The van der Waals surface area contributed by atoms with E-state index in [0.717, 1.165) is 25.3 Å². The SMILES string of the molecule is CC(C)Oc1cc(C(=N)c2cc(N3CCC(N(C)C)C3)ncn2)c(N)cc1F. The number of benzene rings is 1. The molecule has 1 fully saturated rings. The number of likely N-dealkylation sites (N-methyl/N-ethyl adjacent to an activating group) is 1. The van der Waals surface area contributed by atoms with E-state index in [-0.39, 0.29) is 23.3 Å². The minimum Gasteiger partial charge on any atom is -0.488 e. The van der Waals surface area contributed by atoms with Crippen molar-refractivity contribution in [3.8, 4) is 5.75 Å². The van der Waals surface area contributed by atoms with Gasteiger partial charge in [0.2, 0.25) is 0 Å². The van der Waals surface area contributed by atoms with E-state index in [1.165, 1.54) is 18.5 Å². The number of hydrogen-bond acceptors (Lipinski definition) is 7. The highest BCUT2D eigenvalue weighted by atomic mass is 19.1. The van der Waals surface area contributed by atoms with Gasteiger partial charge < -0.3 is 20.3 Å². The van der Waals surface area contributed by atoms with E-state index in [1.807, 2.05) is 13.8 Å². The third-order valence-corrected chi connectivity index (χ3v) is 4.86. The second kappa shape index (κ2) is 8.10. The van der Waals surface area contributed by atoms with Gasteiger partial charge in [0.15, 0.2) is 11.6 Å². The Hall–Kier alpha value is -2.74. The Morgan fingerprint density at radius 2 is 2.07 bits per heavy atom. The normalized spacial score (nSPS) is 16.8. The molecule has 8 heteroatoms. The average molecular weight is 386 g/mol. The van der Waals surface area contributed by atoms with E-state index in [0.29, 0.717) is 17.3 Å². The maximum absolute atomic E-state index is 14.1. The molecular weight excluding hydrogens is 359 g/mol. The summed E-state index contributed by atoms with van der Waals surface area (Å²) in [6.45, 7) is 5.41. The van der Waals surface area contributed by atoms with Crippen LogP contribution in [0.1, 0.15) is 31.5 Å². The molecule has 0 aliphatic carbocycles. The molecule has 2 heterocycles. The summed E-state index contributed by atoms with van der Waals surface area (Å²) in [4.78, 5) is 13.0. The number of ether oxygens (including phenoxy) is 1. The Labute approximate surface area is 164 Å². The van der Waals surface area contributed by atoms with Crippen molar-refractivity contribution in [2.75, 3.05) is 37.8 Å². The number of nitrogens with two attached hydrogens (primary N) is 1. The molecule has 3 rings (SSSR count). The zero-order chi connectivity index (χ0) is 20.4. The van der Waals surface area contributed by atoms with Gasteiger partial charge in [0.1, 0.15) is 12.1 Å². The van der Waals surface area contributed by atoms with E-state index in [9.17, 15) is 4.39 Å². The zero-order valence-corrected chi connectivity index (χ0v) is 16.7. The summed E-state index contributed by atoms with van der Waals surface area (Å²) in [6.07, 6.45) is 2.32. The number of anilines is 2. The van der Waals surface area contributed by atoms with Crippen LogP contribution in [0.4, 0.5) is 15.9 Å². The molecule has 2 aromatic rings. The summed E-state index contributed by atoms with van der Waals surface area (Å²) in [5.74, 6) is 0.308. The van der Waals surface area contributed by atoms with Crippen molar-refractivity contribution >= 4 is 17.2 Å². The molecular formula is C20H27FN6O. The first-order valence-electron chi connectivity index (χ1n) is 9.34. The third-order valence-electron chi connectivity index (χ3n) is 4.86. The molecule has 1 unspecified atom stereocenters. The number of hydrogen-bond donors (Lipinski definition) is 2. The fraction of sp³-hybridized carbons (Fsp3) is 0.450. The fourth-order valence-corrected chi connectivity index (χ4v) is 3.30. The average Bonchev–Trinajstić information content (AvgIpc) is 3.14. The smallest absolute Gasteiger partial charge is 0.167 e. The van der Waals surface area contributed by atoms with Crippen LogP contribution in [0.3, 0.4) is 0 Å². The fourth-order valence-electron chi connectivity index (χ4n) is 3.30. The second-order valence-corrected chi connectivity index (χ2v) is 7.53. The summed E-state index contributed by atoms with van der Waals surface area (Å²) in [5, 5.41) is 8.56. The number of nitrogen functional groups attached to an aromatic ring is 1. The number of rotatable bonds is 6. The molecule has 28 heavy (non-hydrogen) atoms. The van der Waals surface area contributed by atoms with Crippen LogP contribution >= 0.6 is 0 Å². The first kappa shape index (κ1) is 20.0. The van der Waals surface area contributed by atoms with Crippen molar-refractivity contribution in [2.45, 2.75) is 32.4 Å². The van der Waals surface area contributed by atoms with Crippen LogP contribution in [0.5, 0.6) is 5.75 Å². The Bertz CT molecular complexity index is 870. The predicted molar refractivity (Wildman–Crippen MR) is 109 cm³/mol. The molecule has 0 bridgehead atoms. The molecule has 7 nitrogen and oxygen atoms in total. The van der Waals surface area contributed by atoms with Gasteiger partial charge in [-0.3, -0.25) is 5.41 Å². The van der Waals surface area contributed by atoms with Crippen LogP contribution in [0.25, 0.3) is 0 Å². The molecule has 0 radical (unpaired) electrons. The van der Waals surface area contributed by atoms with Gasteiger partial charge in [0, 0.05) is 42.5 Å². The molecule has 0 saturated carbocycles. The van der Waals surface area contributed by atoms with Crippen LogP contribution in [0, 0.1) is 11.2 Å². The number of aromatic nitrogens is 2. The monoisotopic (exact) mass is 386 g/mol. The van der Waals surface area contributed by atoms with Gasteiger partial charge in [-0.25, -0.2) is 14.4 Å². The van der Waals surface area contributed by atoms with E-state index in [1.54, 1.807) is 6.07 Å². The van der Waals surface area contributed by atoms with Gasteiger partial charge in [-0.15, -0.1) is 0 Å². The summed E-state index contributed by atoms with van der Waals surface area (Å²) in [5.41, 5.74) is 7.08. The van der Waals surface area contributed by atoms with E-state index >= 15 is 0 Å². The Morgan fingerprint density at radius 1 is 1.32 bits per heavy atom. The first-order valence-corrected chi connectivity index (χ1v) is 9.34. The standard InChI is InChI=1S/C20H27FN6O/c1-12(2)28-18-7-14(16(22)8-15(18)21)20(23)17-9-19(25-11-24-17)27-6-5-13(10-27)26(3)4/h7-9,11-13,23H,5-6,10,22H2,1-4H3. The van der Waals surface area contributed by atoms with Crippen molar-refractivity contribution in [3.05, 3.63) is 41.6 Å². The summed E-state index contributed by atoms with van der Waals surface area (Å²) < 4.78 is 19.6.